The van der Waals surface area contributed by atoms with Crippen LogP contribution in [0.25, 0.3) is 0 Å². The summed E-state index contributed by atoms with van der Waals surface area (Å²) >= 11 is 0. The molecule has 0 aliphatic carbocycles. The highest BCUT2D eigenvalue weighted by molar-refractivity contribution is 6.72. The largest absolute Gasteiger partial charge is 0.382 e. The van der Waals surface area contributed by atoms with E-state index in [0.29, 0.717) is 25.2 Å². The van der Waals surface area contributed by atoms with Crippen molar-refractivity contribution in [3.63, 3.8) is 0 Å². The van der Waals surface area contributed by atoms with Crippen LogP contribution < -0.4 is 4.90 Å². The minimum atomic E-state index is -3.23. The lowest BCUT2D eigenvalue weighted by atomic mass is 9.82. The molecule has 1 spiro atoms. The first-order valence-electron chi connectivity index (χ1n) is 12.7. The van der Waals surface area contributed by atoms with E-state index in [9.17, 15) is 9.90 Å². The van der Waals surface area contributed by atoms with Gasteiger partial charge in [-0.3, -0.25) is 9.48 Å². The number of aliphatic hydroxyl groups is 1. The average molecular weight is 521 g/mol. The molecule has 37 heavy (non-hydrogen) atoms. The molecule has 1 amide bonds. The molecule has 3 aromatic rings. The Balaban J connectivity index is 1.41. The first kappa shape index (κ1) is 25.5. The van der Waals surface area contributed by atoms with Crippen LogP contribution in [0.15, 0.2) is 73.4 Å². The second-order valence-electron chi connectivity index (χ2n) is 10.5. The van der Waals surface area contributed by atoms with Gasteiger partial charge in [0.15, 0.2) is 5.60 Å². The molecule has 0 saturated carbocycles. The maximum Gasteiger partial charge on any atom is 0.264 e. The standard InChI is InChI=1S/C28H33FN4O3Si/c1-5-16-33-23-14-10-9-13-21(23)28(27(33)35)19(2)26(37(3,4)29)24(36-28)15-17-32-18-22(30-31-32)25(34)20-11-7-6-8-12-20/h5-14,18-19,24-26,34H,1,15-17H2,2-4H3/t19-,24+,25-,26-,28+/m1/s1. The number of aliphatic hydroxyl groups excluding tert-OH is 1. The van der Waals surface area contributed by atoms with Crippen LogP contribution in [0.3, 0.4) is 0 Å². The third-order valence-electron chi connectivity index (χ3n) is 7.77. The van der Waals surface area contributed by atoms with Crippen LogP contribution >= 0.6 is 0 Å². The molecule has 5 atom stereocenters. The van der Waals surface area contributed by atoms with Crippen molar-refractivity contribution in [2.75, 3.05) is 11.4 Å². The number of anilines is 1. The molecule has 2 aliphatic heterocycles. The number of aryl methyl sites for hydroxylation is 1. The molecule has 1 aromatic heterocycles. The molecular formula is C28H33FN4O3Si. The van der Waals surface area contributed by atoms with Gasteiger partial charge in [-0.15, -0.1) is 11.7 Å². The van der Waals surface area contributed by atoms with Gasteiger partial charge in [0.25, 0.3) is 5.91 Å². The van der Waals surface area contributed by atoms with E-state index < -0.39 is 26.2 Å². The van der Waals surface area contributed by atoms with Crippen LogP contribution in [-0.2, 0) is 21.7 Å². The number of hydrogen-bond donors (Lipinski definition) is 1. The fourth-order valence-corrected chi connectivity index (χ4v) is 8.74. The van der Waals surface area contributed by atoms with Crippen molar-refractivity contribution >= 4 is 20.0 Å². The highest BCUT2D eigenvalue weighted by atomic mass is 28.4. The Morgan fingerprint density at radius 1 is 1.22 bits per heavy atom. The second kappa shape index (κ2) is 9.63. The third kappa shape index (κ3) is 4.24. The summed E-state index contributed by atoms with van der Waals surface area (Å²) < 4.78 is 24.2. The number of nitrogens with zero attached hydrogens (tertiary/aromatic N) is 4. The van der Waals surface area contributed by atoms with Crippen LogP contribution in [0, 0.1) is 5.92 Å². The Morgan fingerprint density at radius 3 is 2.62 bits per heavy atom. The van der Waals surface area contributed by atoms with E-state index in [1.54, 1.807) is 34.9 Å². The zero-order chi connectivity index (χ0) is 26.4. The zero-order valence-electron chi connectivity index (χ0n) is 21.4. The second-order valence-corrected chi connectivity index (χ2v) is 14.3. The summed E-state index contributed by atoms with van der Waals surface area (Å²) in [5.74, 6) is -0.486. The highest BCUT2D eigenvalue weighted by Crippen LogP contribution is 2.60. The summed E-state index contributed by atoms with van der Waals surface area (Å²) in [6.45, 7) is 9.94. The molecule has 0 unspecified atom stereocenters. The van der Waals surface area contributed by atoms with Gasteiger partial charge in [-0.25, -0.2) is 0 Å². The van der Waals surface area contributed by atoms with Crippen LogP contribution in [0.1, 0.15) is 36.3 Å². The molecule has 5 rings (SSSR count). The lowest BCUT2D eigenvalue weighted by Gasteiger charge is -2.31. The molecule has 2 aromatic carbocycles. The first-order chi connectivity index (χ1) is 17.7. The summed E-state index contributed by atoms with van der Waals surface area (Å²) in [6.07, 6.45) is 2.53. The SMILES string of the molecule is C=CCN1C(=O)[C@@]2(O[C@@H](CCn3cc([C@H](O)c4ccccc4)nn3)[C@H]([Si](C)(C)F)[C@H]2C)c2ccccc21. The summed E-state index contributed by atoms with van der Waals surface area (Å²) in [6, 6.07) is 16.9. The van der Waals surface area contributed by atoms with Crippen molar-refractivity contribution in [1.82, 2.24) is 15.0 Å². The number of carbonyl (C=O) groups excluding carboxylic acids is 1. The van der Waals surface area contributed by atoms with E-state index in [1.807, 2.05) is 61.5 Å². The monoisotopic (exact) mass is 520 g/mol. The fourth-order valence-electron chi connectivity index (χ4n) is 6.20. The predicted octanol–water partition coefficient (Wildman–Crippen LogP) is 4.76. The number of rotatable bonds is 8. The summed E-state index contributed by atoms with van der Waals surface area (Å²) in [5.41, 5.74) is 1.17. The fraction of sp³-hybridized carbons (Fsp3) is 0.393. The molecule has 9 heteroatoms. The van der Waals surface area contributed by atoms with Crippen molar-refractivity contribution in [3.8, 4) is 0 Å². The van der Waals surface area contributed by atoms with Gasteiger partial charge in [0, 0.05) is 30.1 Å². The minimum Gasteiger partial charge on any atom is -0.382 e. The van der Waals surface area contributed by atoms with Crippen molar-refractivity contribution in [1.29, 1.82) is 0 Å². The van der Waals surface area contributed by atoms with Gasteiger partial charge in [0.1, 0.15) is 11.8 Å². The lowest BCUT2D eigenvalue weighted by Crippen LogP contribution is -2.45. The molecule has 194 valence electrons. The van der Waals surface area contributed by atoms with Crippen LogP contribution in [0.2, 0.25) is 18.6 Å². The van der Waals surface area contributed by atoms with Gasteiger partial charge in [0.05, 0.1) is 18.0 Å². The van der Waals surface area contributed by atoms with E-state index in [1.165, 1.54) is 0 Å². The summed E-state index contributed by atoms with van der Waals surface area (Å²) in [4.78, 5) is 15.6. The smallest absolute Gasteiger partial charge is 0.264 e. The van der Waals surface area contributed by atoms with Crippen molar-refractivity contribution in [2.45, 2.75) is 56.3 Å². The number of benzene rings is 2. The Bertz CT molecular complexity index is 1290. The number of aromatic nitrogens is 3. The van der Waals surface area contributed by atoms with Crippen LogP contribution in [0.4, 0.5) is 9.80 Å². The molecule has 2 aliphatic rings. The van der Waals surface area contributed by atoms with E-state index in [4.69, 9.17) is 4.74 Å². The Labute approximate surface area is 217 Å². The number of ether oxygens (including phenoxy) is 1. The molecule has 3 heterocycles. The topological polar surface area (TPSA) is 80.5 Å². The zero-order valence-corrected chi connectivity index (χ0v) is 22.4. The van der Waals surface area contributed by atoms with Crippen LogP contribution in [-0.4, -0.2) is 47.1 Å². The van der Waals surface area contributed by atoms with Crippen molar-refractivity contribution < 1.29 is 18.7 Å². The quantitative estimate of drug-likeness (QED) is 0.263. The molecule has 7 nitrogen and oxygen atoms in total. The summed E-state index contributed by atoms with van der Waals surface area (Å²) in [7, 11) is -3.23. The average Bonchev–Trinajstić information content (AvgIpc) is 3.54. The van der Waals surface area contributed by atoms with E-state index in [2.05, 4.69) is 16.9 Å². The number of amides is 1. The normalized spacial score (nSPS) is 26.0. The lowest BCUT2D eigenvalue weighted by molar-refractivity contribution is -0.145. The molecule has 0 bridgehead atoms. The maximum absolute atomic E-state index is 15.9. The number of fused-ring (bicyclic) bond motifs is 2. The van der Waals surface area contributed by atoms with Crippen molar-refractivity contribution in [2.24, 2.45) is 5.92 Å². The number of para-hydroxylation sites is 1. The highest BCUT2D eigenvalue weighted by Gasteiger charge is 2.66. The number of halogens is 1. The Hall–Kier alpha value is -3.14. The third-order valence-corrected chi connectivity index (χ3v) is 10.2. The predicted molar refractivity (Wildman–Crippen MR) is 142 cm³/mol. The van der Waals surface area contributed by atoms with Crippen LogP contribution in [0.5, 0.6) is 0 Å². The van der Waals surface area contributed by atoms with Gasteiger partial charge in [-0.1, -0.05) is 66.7 Å². The Kier molecular flexibility index (Phi) is 6.64. The Morgan fingerprint density at radius 2 is 1.92 bits per heavy atom. The van der Waals surface area contributed by atoms with Gasteiger partial charge >= 0.3 is 0 Å². The summed E-state index contributed by atoms with van der Waals surface area (Å²) in [5, 5.41) is 19.0. The van der Waals surface area contributed by atoms with Gasteiger partial charge < -0.3 is 18.9 Å². The molecule has 0 radical (unpaired) electrons. The van der Waals surface area contributed by atoms with E-state index >= 15 is 4.11 Å². The van der Waals surface area contributed by atoms with E-state index in [0.717, 1.165) is 16.8 Å². The van der Waals surface area contributed by atoms with Gasteiger partial charge in [0.2, 0.25) is 8.41 Å². The molecule has 1 N–H and O–H groups in total. The first-order valence-corrected chi connectivity index (χ1v) is 15.7. The maximum atomic E-state index is 15.9. The number of hydrogen-bond acceptors (Lipinski definition) is 5. The van der Waals surface area contributed by atoms with E-state index in [-0.39, 0.29) is 17.4 Å². The molecular weight excluding hydrogens is 487 g/mol. The number of carbonyl (C=O) groups is 1. The van der Waals surface area contributed by atoms with Crippen molar-refractivity contribution in [3.05, 3.63) is 90.3 Å². The van der Waals surface area contributed by atoms with Gasteiger partial charge in [-0.05, 0) is 31.1 Å². The molecule has 1 fully saturated rings. The van der Waals surface area contributed by atoms with Gasteiger partial charge in [-0.2, -0.15) is 0 Å². The minimum absolute atomic E-state index is 0.152. The molecule has 1 saturated heterocycles.